The van der Waals surface area contributed by atoms with Crippen molar-refractivity contribution in [2.24, 2.45) is 5.92 Å². The minimum absolute atomic E-state index is 0.184. The van der Waals surface area contributed by atoms with Crippen LogP contribution < -0.4 is 9.80 Å². The third kappa shape index (κ3) is 2.72. The van der Waals surface area contributed by atoms with E-state index in [2.05, 4.69) is 52.2 Å². The molecule has 0 spiro atoms. The minimum atomic E-state index is 0.184. The summed E-state index contributed by atoms with van der Waals surface area (Å²) in [7, 11) is 2.16. The molecule has 4 rings (SSSR count). The van der Waals surface area contributed by atoms with Gasteiger partial charge in [-0.2, -0.15) is 0 Å². The summed E-state index contributed by atoms with van der Waals surface area (Å²) in [4.78, 5) is 20.5. The van der Waals surface area contributed by atoms with E-state index in [1.165, 1.54) is 23.5 Å². The Bertz CT molecular complexity index is 646. The lowest BCUT2D eigenvalue weighted by atomic mass is 10.1. The average Bonchev–Trinajstić information content (AvgIpc) is 3.14. The fourth-order valence-corrected chi connectivity index (χ4v) is 4.17. The molecule has 1 amide bonds. The average molecular weight is 326 g/mol. The number of hydrogen-bond donors (Lipinski definition) is 0. The van der Waals surface area contributed by atoms with Gasteiger partial charge in [0.2, 0.25) is 5.91 Å². The van der Waals surface area contributed by atoms with E-state index < -0.39 is 0 Å². The van der Waals surface area contributed by atoms with E-state index in [0.29, 0.717) is 5.92 Å². The van der Waals surface area contributed by atoms with Crippen molar-refractivity contribution in [3.63, 3.8) is 0 Å². The highest BCUT2D eigenvalue weighted by Crippen LogP contribution is 2.37. The molecule has 5 heteroatoms. The second-order valence-corrected chi connectivity index (χ2v) is 7.14. The smallest absolute Gasteiger partial charge is 0.219 e. The predicted molar refractivity (Wildman–Crippen MR) is 97.1 cm³/mol. The molecule has 0 radical (unpaired) electrons. The first-order chi connectivity index (χ1) is 11.6. The van der Waals surface area contributed by atoms with Gasteiger partial charge in [0.1, 0.15) is 0 Å². The fourth-order valence-electron chi connectivity index (χ4n) is 4.17. The molecule has 0 N–H and O–H groups in total. The zero-order chi connectivity index (χ0) is 16.7. The van der Waals surface area contributed by atoms with E-state index >= 15 is 0 Å². The minimum Gasteiger partial charge on any atom is -0.378 e. The van der Waals surface area contributed by atoms with Crippen molar-refractivity contribution in [3.05, 3.63) is 36.2 Å². The van der Waals surface area contributed by atoms with E-state index in [1.54, 1.807) is 6.92 Å². The van der Waals surface area contributed by atoms with Gasteiger partial charge in [0.15, 0.2) is 0 Å². The first-order valence-corrected chi connectivity index (χ1v) is 8.92. The summed E-state index contributed by atoms with van der Waals surface area (Å²) in [5, 5.41) is 0. The first kappa shape index (κ1) is 15.4. The van der Waals surface area contributed by atoms with Crippen LogP contribution in [0, 0.1) is 5.92 Å². The van der Waals surface area contributed by atoms with Crippen molar-refractivity contribution < 1.29 is 4.79 Å². The SMILES string of the molecule is CC(=O)N1CCN(c2ccc(N3CCC4CN(C)C=C43)cc2)CC1. The van der Waals surface area contributed by atoms with Gasteiger partial charge in [0, 0.05) is 82.4 Å². The normalized spacial score (nSPS) is 23.6. The third-order valence-corrected chi connectivity index (χ3v) is 5.54. The number of hydrogen-bond acceptors (Lipinski definition) is 4. The highest BCUT2D eigenvalue weighted by molar-refractivity contribution is 5.73. The molecule has 1 atom stereocenters. The summed E-state index contributed by atoms with van der Waals surface area (Å²) in [5.41, 5.74) is 4.03. The Morgan fingerprint density at radius 2 is 1.67 bits per heavy atom. The third-order valence-electron chi connectivity index (χ3n) is 5.54. The maximum absolute atomic E-state index is 11.4. The van der Waals surface area contributed by atoms with Crippen LogP contribution in [-0.2, 0) is 4.79 Å². The molecule has 5 nitrogen and oxygen atoms in total. The Morgan fingerprint density at radius 3 is 2.33 bits per heavy atom. The van der Waals surface area contributed by atoms with Gasteiger partial charge in [-0.25, -0.2) is 0 Å². The Morgan fingerprint density at radius 1 is 1.00 bits per heavy atom. The summed E-state index contributed by atoms with van der Waals surface area (Å²) < 4.78 is 0. The lowest BCUT2D eigenvalue weighted by Gasteiger charge is -2.35. The number of anilines is 2. The second-order valence-electron chi connectivity index (χ2n) is 7.14. The summed E-state index contributed by atoms with van der Waals surface area (Å²) >= 11 is 0. The van der Waals surface area contributed by atoms with E-state index in [9.17, 15) is 4.79 Å². The largest absolute Gasteiger partial charge is 0.378 e. The highest BCUT2D eigenvalue weighted by Gasteiger charge is 2.33. The number of rotatable bonds is 2. The van der Waals surface area contributed by atoms with Crippen LogP contribution in [0.1, 0.15) is 13.3 Å². The Labute approximate surface area is 144 Å². The van der Waals surface area contributed by atoms with E-state index in [4.69, 9.17) is 0 Å². The molecule has 3 aliphatic rings. The highest BCUT2D eigenvalue weighted by atomic mass is 16.2. The zero-order valence-corrected chi connectivity index (χ0v) is 14.6. The van der Waals surface area contributed by atoms with Crippen molar-refractivity contribution in [2.45, 2.75) is 13.3 Å². The molecule has 1 aromatic carbocycles. The first-order valence-electron chi connectivity index (χ1n) is 8.92. The van der Waals surface area contributed by atoms with Crippen LogP contribution in [0.15, 0.2) is 36.2 Å². The molecule has 3 aliphatic heterocycles. The number of fused-ring (bicyclic) bond motifs is 1. The summed E-state index contributed by atoms with van der Waals surface area (Å²) in [6.45, 7) is 7.42. The molecule has 128 valence electrons. The zero-order valence-electron chi connectivity index (χ0n) is 14.6. The van der Waals surface area contributed by atoms with Crippen molar-refractivity contribution in [2.75, 3.05) is 56.1 Å². The second kappa shape index (κ2) is 6.04. The molecule has 3 heterocycles. The molecule has 2 saturated heterocycles. The predicted octanol–water partition coefficient (Wildman–Crippen LogP) is 1.97. The number of carbonyl (C=O) groups is 1. The van der Waals surface area contributed by atoms with E-state index in [1.807, 2.05) is 4.90 Å². The van der Waals surface area contributed by atoms with Crippen LogP contribution in [-0.4, -0.2) is 62.0 Å². The Hall–Kier alpha value is -2.17. The monoisotopic (exact) mass is 326 g/mol. The lowest BCUT2D eigenvalue weighted by molar-refractivity contribution is -0.129. The summed E-state index contributed by atoms with van der Waals surface area (Å²) in [6, 6.07) is 8.94. The van der Waals surface area contributed by atoms with Gasteiger partial charge in [-0.15, -0.1) is 0 Å². The molecule has 1 aromatic rings. The van der Waals surface area contributed by atoms with Crippen LogP contribution in [0.3, 0.4) is 0 Å². The lowest BCUT2D eigenvalue weighted by Crippen LogP contribution is -2.48. The van der Waals surface area contributed by atoms with Gasteiger partial charge in [0.25, 0.3) is 0 Å². The van der Waals surface area contributed by atoms with Gasteiger partial charge in [-0.3, -0.25) is 4.79 Å². The molecular formula is C19H26N4O. The molecule has 0 bridgehead atoms. The number of amides is 1. The van der Waals surface area contributed by atoms with Gasteiger partial charge in [-0.05, 0) is 30.7 Å². The number of piperazine rings is 1. The van der Waals surface area contributed by atoms with Gasteiger partial charge >= 0.3 is 0 Å². The van der Waals surface area contributed by atoms with Gasteiger partial charge in [0.05, 0.1) is 0 Å². The standard InChI is InChI=1S/C19H26N4O/c1-15(24)21-9-11-22(12-10-21)17-3-5-18(6-4-17)23-8-7-16-13-20(2)14-19(16)23/h3-6,14,16H,7-13H2,1-2H3. The fraction of sp³-hybridized carbons (Fsp3) is 0.526. The molecular weight excluding hydrogens is 300 g/mol. The summed E-state index contributed by atoms with van der Waals surface area (Å²) in [5.74, 6) is 0.887. The number of benzene rings is 1. The molecule has 24 heavy (non-hydrogen) atoms. The van der Waals surface area contributed by atoms with E-state index in [0.717, 1.165) is 39.3 Å². The number of carbonyl (C=O) groups excluding carboxylic acids is 1. The van der Waals surface area contributed by atoms with Crippen molar-refractivity contribution in [1.82, 2.24) is 9.80 Å². The maximum Gasteiger partial charge on any atom is 0.219 e. The summed E-state index contributed by atoms with van der Waals surface area (Å²) in [6.07, 6.45) is 3.55. The molecule has 0 saturated carbocycles. The van der Waals surface area contributed by atoms with Gasteiger partial charge < -0.3 is 19.6 Å². The molecule has 0 aliphatic carbocycles. The molecule has 0 aromatic heterocycles. The van der Waals surface area contributed by atoms with Crippen LogP contribution in [0.4, 0.5) is 11.4 Å². The van der Waals surface area contributed by atoms with Crippen LogP contribution in [0.2, 0.25) is 0 Å². The van der Waals surface area contributed by atoms with Crippen molar-refractivity contribution in [1.29, 1.82) is 0 Å². The molecule has 1 unspecified atom stereocenters. The van der Waals surface area contributed by atoms with Crippen molar-refractivity contribution >= 4 is 17.3 Å². The van der Waals surface area contributed by atoms with Crippen LogP contribution >= 0.6 is 0 Å². The van der Waals surface area contributed by atoms with Crippen LogP contribution in [0.25, 0.3) is 0 Å². The Balaban J connectivity index is 1.44. The topological polar surface area (TPSA) is 30.0 Å². The van der Waals surface area contributed by atoms with Crippen LogP contribution in [0.5, 0.6) is 0 Å². The van der Waals surface area contributed by atoms with Crippen molar-refractivity contribution in [3.8, 4) is 0 Å². The van der Waals surface area contributed by atoms with E-state index in [-0.39, 0.29) is 5.91 Å². The molecule has 2 fully saturated rings. The Kier molecular flexibility index (Phi) is 3.87. The number of nitrogens with zero attached hydrogens (tertiary/aromatic N) is 4. The quantitative estimate of drug-likeness (QED) is 0.831. The van der Waals surface area contributed by atoms with Gasteiger partial charge in [-0.1, -0.05) is 0 Å². The maximum atomic E-state index is 11.4.